The summed E-state index contributed by atoms with van der Waals surface area (Å²) in [5.74, 6) is 1.84. The molecule has 0 spiro atoms. The summed E-state index contributed by atoms with van der Waals surface area (Å²) in [4.78, 5) is 10.6. The molecule has 1 heterocycles. The van der Waals surface area contributed by atoms with Crippen LogP contribution in [0.4, 0.5) is 0 Å². The first-order chi connectivity index (χ1) is 5.78. The molecule has 1 unspecified atom stereocenters. The van der Waals surface area contributed by atoms with Crippen molar-refractivity contribution >= 4 is 5.94 Å². The molecule has 1 aliphatic heterocycles. The molecule has 1 aliphatic rings. The maximum atomic E-state index is 10.6. The smallest absolute Gasteiger partial charge is 0.128 e. The van der Waals surface area contributed by atoms with E-state index in [-0.39, 0.29) is 5.54 Å². The summed E-state index contributed by atoms with van der Waals surface area (Å²) in [6.07, 6.45) is -0.107. The third kappa shape index (κ3) is 1.99. The second-order valence-corrected chi connectivity index (χ2v) is 4.87. The summed E-state index contributed by atoms with van der Waals surface area (Å²) in [6.45, 7) is 7.80. The van der Waals surface area contributed by atoms with Crippen LogP contribution in [0.2, 0.25) is 0 Å². The molecule has 0 aliphatic carbocycles. The molecule has 0 amide bonds. The van der Waals surface area contributed by atoms with Crippen LogP contribution >= 0.6 is 0 Å². The lowest BCUT2D eigenvalue weighted by atomic mass is 9.78. The van der Waals surface area contributed by atoms with Gasteiger partial charge in [-0.1, -0.05) is 0 Å². The van der Waals surface area contributed by atoms with Crippen LogP contribution in [0, 0.1) is 0 Å². The molecule has 3 heteroatoms. The molecule has 0 radical (unpaired) electrons. The van der Waals surface area contributed by atoms with E-state index < -0.39 is 11.6 Å². The Kier molecular flexibility index (Phi) is 2.37. The lowest BCUT2D eigenvalue weighted by molar-refractivity contribution is 0.0964. The van der Waals surface area contributed by atoms with E-state index in [1.165, 1.54) is 0 Å². The number of carbonyl (C=O) groups excluding carboxylic acids is 1. The molecular weight excluding hydrogens is 166 g/mol. The van der Waals surface area contributed by atoms with Gasteiger partial charge in [0.25, 0.3) is 0 Å². The number of hydrogen-bond acceptors (Lipinski definition) is 3. The Bertz CT molecular complexity index is 262. The number of hydrogen-bond donors (Lipinski definition) is 2. The van der Waals surface area contributed by atoms with Crippen molar-refractivity contribution in [3.8, 4) is 0 Å². The standard InChI is InChI=1S/C10H17NO2/c1-9(2)5-8(13)7(6-12)10(3,4)11-9/h8,11,13H,5H2,1-4H3. The Morgan fingerprint density at radius 1 is 1.46 bits per heavy atom. The molecule has 1 saturated heterocycles. The van der Waals surface area contributed by atoms with Gasteiger partial charge in [0.2, 0.25) is 0 Å². The number of nitrogens with one attached hydrogen (secondary N) is 1. The Hall–Kier alpha value is -0.630. The van der Waals surface area contributed by atoms with Gasteiger partial charge in [-0.25, -0.2) is 4.79 Å². The fourth-order valence-electron chi connectivity index (χ4n) is 2.16. The largest absolute Gasteiger partial charge is 0.388 e. The van der Waals surface area contributed by atoms with Gasteiger partial charge in [-0.15, -0.1) is 0 Å². The molecule has 1 atom stereocenters. The van der Waals surface area contributed by atoms with E-state index in [2.05, 4.69) is 5.32 Å². The van der Waals surface area contributed by atoms with Crippen molar-refractivity contribution in [2.75, 3.05) is 0 Å². The molecule has 3 nitrogen and oxygen atoms in total. The molecule has 13 heavy (non-hydrogen) atoms. The highest BCUT2D eigenvalue weighted by Crippen LogP contribution is 2.31. The van der Waals surface area contributed by atoms with Crippen molar-refractivity contribution in [3.63, 3.8) is 0 Å². The van der Waals surface area contributed by atoms with Gasteiger partial charge in [-0.05, 0) is 34.1 Å². The summed E-state index contributed by atoms with van der Waals surface area (Å²) >= 11 is 0. The molecule has 2 N–H and O–H groups in total. The van der Waals surface area contributed by atoms with Crippen LogP contribution in [-0.2, 0) is 4.79 Å². The summed E-state index contributed by atoms with van der Waals surface area (Å²) in [5, 5.41) is 13.0. The Morgan fingerprint density at radius 2 is 2.00 bits per heavy atom. The van der Waals surface area contributed by atoms with Gasteiger partial charge < -0.3 is 10.4 Å². The molecule has 1 rings (SSSR count). The normalized spacial score (nSPS) is 31.2. The highest BCUT2D eigenvalue weighted by atomic mass is 16.3. The Morgan fingerprint density at radius 3 is 2.38 bits per heavy atom. The predicted octanol–water partition coefficient (Wildman–Crippen LogP) is 0.656. The molecule has 0 bridgehead atoms. The van der Waals surface area contributed by atoms with E-state index >= 15 is 0 Å². The lowest BCUT2D eigenvalue weighted by Crippen LogP contribution is -2.60. The van der Waals surface area contributed by atoms with Gasteiger partial charge in [0.05, 0.1) is 11.7 Å². The van der Waals surface area contributed by atoms with Crippen molar-refractivity contribution in [2.45, 2.75) is 51.3 Å². The van der Waals surface area contributed by atoms with E-state index in [9.17, 15) is 9.90 Å². The topological polar surface area (TPSA) is 49.3 Å². The van der Waals surface area contributed by atoms with E-state index in [4.69, 9.17) is 0 Å². The minimum atomic E-state index is -0.663. The first-order valence-electron chi connectivity index (χ1n) is 4.51. The number of rotatable bonds is 0. The monoisotopic (exact) mass is 183 g/mol. The SMILES string of the molecule is CC1(C)CC(O)C(=C=O)C(C)(C)N1. The molecular formula is C10H17NO2. The predicted molar refractivity (Wildman–Crippen MR) is 51.1 cm³/mol. The van der Waals surface area contributed by atoms with Gasteiger partial charge in [-0.3, -0.25) is 0 Å². The fraction of sp³-hybridized carbons (Fsp3) is 0.800. The first-order valence-corrected chi connectivity index (χ1v) is 4.51. The number of piperidine rings is 1. The maximum Gasteiger partial charge on any atom is 0.128 e. The quantitative estimate of drug-likeness (QED) is 0.542. The minimum Gasteiger partial charge on any atom is -0.388 e. The number of aliphatic hydroxyl groups is 1. The van der Waals surface area contributed by atoms with Crippen molar-refractivity contribution in [2.24, 2.45) is 0 Å². The van der Waals surface area contributed by atoms with Crippen LogP contribution < -0.4 is 5.32 Å². The van der Waals surface area contributed by atoms with Crippen LogP contribution in [0.3, 0.4) is 0 Å². The lowest BCUT2D eigenvalue weighted by Gasteiger charge is -2.45. The van der Waals surface area contributed by atoms with Crippen molar-refractivity contribution < 1.29 is 9.90 Å². The third-order valence-electron chi connectivity index (χ3n) is 2.47. The molecule has 1 fully saturated rings. The molecule has 0 aromatic rings. The zero-order valence-corrected chi connectivity index (χ0v) is 8.64. The van der Waals surface area contributed by atoms with Crippen LogP contribution in [0.25, 0.3) is 0 Å². The molecule has 74 valence electrons. The van der Waals surface area contributed by atoms with Gasteiger partial charge in [0.1, 0.15) is 5.94 Å². The van der Waals surface area contributed by atoms with Crippen LogP contribution in [0.5, 0.6) is 0 Å². The highest BCUT2D eigenvalue weighted by Gasteiger charge is 2.41. The summed E-state index contributed by atoms with van der Waals surface area (Å²) < 4.78 is 0. The van der Waals surface area contributed by atoms with E-state index in [0.717, 1.165) is 0 Å². The second kappa shape index (κ2) is 2.95. The Balaban J connectivity index is 3.02. The van der Waals surface area contributed by atoms with Crippen LogP contribution in [0.1, 0.15) is 34.1 Å². The zero-order chi connectivity index (χ0) is 10.3. The third-order valence-corrected chi connectivity index (χ3v) is 2.47. The fourth-order valence-corrected chi connectivity index (χ4v) is 2.16. The molecule has 0 aromatic heterocycles. The van der Waals surface area contributed by atoms with Gasteiger partial charge >= 0.3 is 0 Å². The first kappa shape index (κ1) is 10.5. The van der Waals surface area contributed by atoms with E-state index in [1.807, 2.05) is 33.6 Å². The van der Waals surface area contributed by atoms with Gasteiger partial charge in [0, 0.05) is 11.1 Å². The summed E-state index contributed by atoms with van der Waals surface area (Å²) in [7, 11) is 0. The zero-order valence-electron chi connectivity index (χ0n) is 8.64. The highest BCUT2D eigenvalue weighted by molar-refractivity contribution is 5.59. The molecule has 0 aromatic carbocycles. The Labute approximate surface area is 78.8 Å². The average Bonchev–Trinajstić information content (AvgIpc) is 1.79. The van der Waals surface area contributed by atoms with Crippen molar-refractivity contribution in [1.82, 2.24) is 5.32 Å². The molecule has 0 saturated carbocycles. The van der Waals surface area contributed by atoms with Crippen molar-refractivity contribution in [3.05, 3.63) is 5.57 Å². The van der Waals surface area contributed by atoms with E-state index in [1.54, 1.807) is 0 Å². The van der Waals surface area contributed by atoms with E-state index in [0.29, 0.717) is 12.0 Å². The second-order valence-electron chi connectivity index (χ2n) is 4.87. The maximum absolute atomic E-state index is 10.6. The minimum absolute atomic E-state index is 0.136. The van der Waals surface area contributed by atoms with Gasteiger partial charge in [-0.2, -0.15) is 0 Å². The van der Waals surface area contributed by atoms with Crippen LogP contribution in [-0.4, -0.2) is 28.2 Å². The van der Waals surface area contributed by atoms with Crippen molar-refractivity contribution in [1.29, 1.82) is 0 Å². The van der Waals surface area contributed by atoms with Gasteiger partial charge in [0.15, 0.2) is 0 Å². The summed E-state index contributed by atoms with van der Waals surface area (Å²) in [5.41, 5.74) is -0.168. The van der Waals surface area contributed by atoms with Crippen LogP contribution in [0.15, 0.2) is 5.57 Å². The number of aliphatic hydroxyl groups excluding tert-OH is 1. The average molecular weight is 183 g/mol. The summed E-state index contributed by atoms with van der Waals surface area (Å²) in [6, 6.07) is 0.